The number of amides is 1. The monoisotopic (exact) mass is 326 g/mol. The van der Waals surface area contributed by atoms with Gasteiger partial charge < -0.3 is 4.90 Å². The first-order valence-electron chi connectivity index (χ1n) is 7.34. The number of benzene rings is 1. The summed E-state index contributed by atoms with van der Waals surface area (Å²) in [5, 5.41) is 10.1. The molecule has 1 aromatic heterocycles. The molecule has 0 atom stereocenters. The van der Waals surface area contributed by atoms with Crippen molar-refractivity contribution in [2.45, 2.75) is 12.8 Å². The standard InChI is InChI=1S/C17H15ClN4O/c18-15-3-1-2-14(10-15)16(11-19)13-4-7-21(8-5-13)17(23)22-9-6-20-12-22/h1-3,6,9-10,12H,4-5,7-8H2. The number of carbonyl (C=O) groups excluding carboxylic acids is 1. The molecule has 0 spiro atoms. The molecule has 3 rings (SSSR count). The van der Waals surface area contributed by atoms with E-state index in [0.717, 1.165) is 11.1 Å². The van der Waals surface area contributed by atoms with E-state index in [1.165, 1.54) is 10.9 Å². The van der Waals surface area contributed by atoms with Crippen LogP contribution in [0.25, 0.3) is 5.57 Å². The predicted molar refractivity (Wildman–Crippen MR) is 87.8 cm³/mol. The number of hydrogen-bond donors (Lipinski definition) is 0. The lowest BCUT2D eigenvalue weighted by molar-refractivity contribution is 0.195. The van der Waals surface area contributed by atoms with Crippen molar-refractivity contribution in [2.75, 3.05) is 13.1 Å². The summed E-state index contributed by atoms with van der Waals surface area (Å²) in [5.41, 5.74) is 2.58. The molecule has 0 bridgehead atoms. The molecule has 1 saturated heterocycles. The molecule has 1 aliphatic heterocycles. The fourth-order valence-electron chi connectivity index (χ4n) is 2.75. The first-order chi connectivity index (χ1) is 11.2. The average Bonchev–Trinajstić information content (AvgIpc) is 3.10. The molecule has 23 heavy (non-hydrogen) atoms. The van der Waals surface area contributed by atoms with E-state index in [-0.39, 0.29) is 6.03 Å². The van der Waals surface area contributed by atoms with E-state index in [9.17, 15) is 10.1 Å². The number of rotatable bonds is 1. The number of halogens is 1. The average molecular weight is 327 g/mol. The van der Waals surface area contributed by atoms with E-state index in [1.54, 1.807) is 29.4 Å². The molecule has 0 radical (unpaired) electrons. The van der Waals surface area contributed by atoms with Crippen LogP contribution in [-0.2, 0) is 0 Å². The lowest BCUT2D eigenvalue weighted by Gasteiger charge is -2.29. The second kappa shape index (κ2) is 6.67. The van der Waals surface area contributed by atoms with Crippen molar-refractivity contribution in [3.05, 3.63) is 59.1 Å². The van der Waals surface area contributed by atoms with Crippen molar-refractivity contribution in [3.8, 4) is 6.07 Å². The number of hydrogen-bond acceptors (Lipinski definition) is 3. The van der Waals surface area contributed by atoms with E-state index in [0.29, 0.717) is 36.5 Å². The quantitative estimate of drug-likeness (QED) is 0.752. The van der Waals surface area contributed by atoms with E-state index in [4.69, 9.17) is 11.6 Å². The summed E-state index contributed by atoms with van der Waals surface area (Å²) in [4.78, 5) is 17.9. The molecule has 2 heterocycles. The Labute approximate surface area is 139 Å². The third kappa shape index (κ3) is 3.27. The van der Waals surface area contributed by atoms with Gasteiger partial charge in [0.25, 0.3) is 0 Å². The summed E-state index contributed by atoms with van der Waals surface area (Å²) < 4.78 is 1.47. The van der Waals surface area contributed by atoms with Gasteiger partial charge in [0.15, 0.2) is 0 Å². The van der Waals surface area contributed by atoms with E-state index >= 15 is 0 Å². The molecule has 5 nitrogen and oxygen atoms in total. The minimum atomic E-state index is -0.0807. The highest BCUT2D eigenvalue weighted by atomic mass is 35.5. The Morgan fingerprint density at radius 3 is 2.70 bits per heavy atom. The van der Waals surface area contributed by atoms with Crippen LogP contribution < -0.4 is 0 Å². The van der Waals surface area contributed by atoms with Gasteiger partial charge in [-0.1, -0.05) is 23.7 Å². The maximum Gasteiger partial charge on any atom is 0.329 e. The minimum absolute atomic E-state index is 0.0807. The van der Waals surface area contributed by atoms with Crippen molar-refractivity contribution in [1.29, 1.82) is 5.26 Å². The Hall–Kier alpha value is -2.58. The summed E-state index contributed by atoms with van der Waals surface area (Å²) in [5.74, 6) is 0. The molecular formula is C17H15ClN4O. The van der Waals surface area contributed by atoms with Crippen molar-refractivity contribution in [3.63, 3.8) is 0 Å². The van der Waals surface area contributed by atoms with Gasteiger partial charge in [0.1, 0.15) is 6.33 Å². The van der Waals surface area contributed by atoms with Gasteiger partial charge in [-0.25, -0.2) is 9.78 Å². The highest BCUT2D eigenvalue weighted by molar-refractivity contribution is 6.30. The Morgan fingerprint density at radius 1 is 1.30 bits per heavy atom. The van der Waals surface area contributed by atoms with Gasteiger partial charge in [0, 0.05) is 30.5 Å². The van der Waals surface area contributed by atoms with Gasteiger partial charge in [-0.05, 0) is 36.1 Å². The SMILES string of the molecule is N#CC(=C1CCN(C(=O)n2ccnc2)CC1)c1cccc(Cl)c1. The molecule has 1 aromatic carbocycles. The van der Waals surface area contributed by atoms with Gasteiger partial charge in [0.2, 0.25) is 0 Å². The normalized spacial score (nSPS) is 14.4. The van der Waals surface area contributed by atoms with Gasteiger partial charge in [-0.15, -0.1) is 0 Å². The van der Waals surface area contributed by atoms with Gasteiger partial charge in [0.05, 0.1) is 11.6 Å². The summed E-state index contributed by atoms with van der Waals surface area (Å²) in [7, 11) is 0. The molecule has 0 saturated carbocycles. The Bertz CT molecular complexity index is 779. The van der Waals surface area contributed by atoms with Crippen molar-refractivity contribution >= 4 is 23.2 Å². The largest absolute Gasteiger partial charge is 0.329 e. The lowest BCUT2D eigenvalue weighted by atomic mass is 9.94. The van der Waals surface area contributed by atoms with Crippen LogP contribution in [-0.4, -0.2) is 33.6 Å². The van der Waals surface area contributed by atoms with Gasteiger partial charge in [-0.2, -0.15) is 5.26 Å². The minimum Gasteiger partial charge on any atom is -0.323 e. The highest BCUT2D eigenvalue weighted by Gasteiger charge is 2.22. The Kier molecular flexibility index (Phi) is 4.45. The van der Waals surface area contributed by atoms with E-state index in [1.807, 2.05) is 12.1 Å². The maximum atomic E-state index is 12.3. The summed E-state index contributed by atoms with van der Waals surface area (Å²) in [6.07, 6.45) is 6.10. The highest BCUT2D eigenvalue weighted by Crippen LogP contribution is 2.28. The molecule has 6 heteroatoms. The third-order valence-corrected chi connectivity index (χ3v) is 4.18. The second-order valence-electron chi connectivity index (χ2n) is 5.34. The summed E-state index contributed by atoms with van der Waals surface area (Å²) >= 11 is 6.01. The first-order valence-corrected chi connectivity index (χ1v) is 7.72. The second-order valence-corrected chi connectivity index (χ2v) is 5.78. The topological polar surface area (TPSA) is 61.9 Å². The summed E-state index contributed by atoms with van der Waals surface area (Å²) in [6, 6.07) is 9.53. The van der Waals surface area contributed by atoms with Crippen LogP contribution in [0.1, 0.15) is 18.4 Å². The fraction of sp³-hybridized carbons (Fsp3) is 0.235. The molecular weight excluding hydrogens is 312 g/mol. The molecule has 1 amide bonds. The number of piperidine rings is 1. The lowest BCUT2D eigenvalue weighted by Crippen LogP contribution is -2.38. The predicted octanol–water partition coefficient (Wildman–Crippen LogP) is 3.58. The smallest absolute Gasteiger partial charge is 0.323 e. The molecule has 0 aliphatic carbocycles. The zero-order valence-corrected chi connectivity index (χ0v) is 13.2. The molecule has 1 fully saturated rings. The van der Waals surface area contributed by atoms with Crippen molar-refractivity contribution < 1.29 is 4.79 Å². The molecule has 0 unspecified atom stereocenters. The van der Waals surface area contributed by atoms with E-state index in [2.05, 4.69) is 11.1 Å². The maximum absolute atomic E-state index is 12.3. The number of aromatic nitrogens is 2. The van der Waals surface area contributed by atoms with Crippen LogP contribution in [0.2, 0.25) is 5.02 Å². The number of carbonyl (C=O) groups is 1. The van der Waals surface area contributed by atoms with Crippen LogP contribution in [0.4, 0.5) is 4.79 Å². The molecule has 2 aromatic rings. The van der Waals surface area contributed by atoms with Crippen LogP contribution in [0, 0.1) is 11.3 Å². The number of imidazole rings is 1. The number of allylic oxidation sites excluding steroid dienone is 1. The third-order valence-electron chi connectivity index (χ3n) is 3.94. The molecule has 0 N–H and O–H groups in total. The first kappa shape index (κ1) is 15.3. The zero-order chi connectivity index (χ0) is 16.2. The van der Waals surface area contributed by atoms with Crippen LogP contribution in [0.15, 0.2) is 48.6 Å². The van der Waals surface area contributed by atoms with Crippen LogP contribution in [0.3, 0.4) is 0 Å². The Balaban J connectivity index is 1.77. The van der Waals surface area contributed by atoms with Crippen molar-refractivity contribution in [1.82, 2.24) is 14.5 Å². The fourth-order valence-corrected chi connectivity index (χ4v) is 2.94. The number of nitrogens with zero attached hydrogens (tertiary/aromatic N) is 4. The number of likely N-dealkylation sites (tertiary alicyclic amines) is 1. The van der Waals surface area contributed by atoms with Gasteiger partial charge in [-0.3, -0.25) is 4.57 Å². The van der Waals surface area contributed by atoms with E-state index < -0.39 is 0 Å². The van der Waals surface area contributed by atoms with Crippen LogP contribution in [0.5, 0.6) is 0 Å². The Morgan fingerprint density at radius 2 is 2.09 bits per heavy atom. The van der Waals surface area contributed by atoms with Crippen LogP contribution >= 0.6 is 11.6 Å². The zero-order valence-electron chi connectivity index (χ0n) is 12.4. The van der Waals surface area contributed by atoms with Crippen molar-refractivity contribution in [2.24, 2.45) is 0 Å². The summed E-state index contributed by atoms with van der Waals surface area (Å²) in [6.45, 7) is 1.19. The molecule has 1 aliphatic rings. The van der Waals surface area contributed by atoms with Gasteiger partial charge >= 0.3 is 6.03 Å². The molecule has 116 valence electrons. The number of nitriles is 1.